The molecule has 0 spiro atoms. The number of carbonyl (C=O) groups excluding carboxylic acids is 1. The predicted molar refractivity (Wildman–Crippen MR) is 81.7 cm³/mol. The number of fused-ring (bicyclic) bond motifs is 1. The maximum Gasteiger partial charge on any atom is 0.144 e. The van der Waals surface area contributed by atoms with Crippen LogP contribution in [0.3, 0.4) is 0 Å². The van der Waals surface area contributed by atoms with Crippen molar-refractivity contribution in [3.05, 3.63) is 51.7 Å². The van der Waals surface area contributed by atoms with Crippen LogP contribution in [0, 0.1) is 0 Å². The summed E-state index contributed by atoms with van der Waals surface area (Å²) in [4.78, 5) is 14.0. The Bertz CT molecular complexity index is 615. The summed E-state index contributed by atoms with van der Waals surface area (Å²) in [5.74, 6) is 1.20. The van der Waals surface area contributed by atoms with Crippen LogP contribution in [0.15, 0.2) is 35.7 Å². The summed E-state index contributed by atoms with van der Waals surface area (Å²) in [7, 11) is 1.65. The Morgan fingerprint density at radius 3 is 3.05 bits per heavy atom. The second-order valence-corrected chi connectivity index (χ2v) is 6.20. The lowest BCUT2D eigenvalue weighted by molar-refractivity contribution is -0.120. The van der Waals surface area contributed by atoms with E-state index in [1.165, 1.54) is 10.4 Å². The van der Waals surface area contributed by atoms with Crippen molar-refractivity contribution in [1.82, 2.24) is 0 Å². The zero-order valence-corrected chi connectivity index (χ0v) is 12.4. The number of benzene rings is 1. The fourth-order valence-electron chi connectivity index (χ4n) is 2.98. The van der Waals surface area contributed by atoms with Crippen LogP contribution in [0.25, 0.3) is 0 Å². The van der Waals surface area contributed by atoms with Crippen LogP contribution in [0.4, 0.5) is 0 Å². The monoisotopic (exact) mass is 286 g/mol. The van der Waals surface area contributed by atoms with Gasteiger partial charge in [-0.15, -0.1) is 11.3 Å². The molecule has 1 atom stereocenters. The highest BCUT2D eigenvalue weighted by molar-refractivity contribution is 7.10. The molecule has 1 aliphatic rings. The minimum atomic E-state index is 0.0786. The number of aryl methyl sites for hydroxylation is 1. The number of rotatable bonds is 4. The van der Waals surface area contributed by atoms with E-state index in [1.807, 2.05) is 24.3 Å². The maximum atomic E-state index is 12.6. The van der Waals surface area contributed by atoms with Crippen LogP contribution in [-0.2, 0) is 17.6 Å². The van der Waals surface area contributed by atoms with Crippen LogP contribution in [0.1, 0.15) is 34.8 Å². The Morgan fingerprint density at radius 1 is 1.35 bits per heavy atom. The number of ketones is 1. The third-order valence-corrected chi connectivity index (χ3v) is 4.99. The zero-order valence-electron chi connectivity index (χ0n) is 11.6. The number of ether oxygens (including phenoxy) is 1. The smallest absolute Gasteiger partial charge is 0.144 e. The van der Waals surface area contributed by atoms with Gasteiger partial charge in [-0.1, -0.05) is 18.2 Å². The average molecular weight is 286 g/mol. The average Bonchev–Trinajstić information content (AvgIpc) is 2.96. The Hall–Kier alpha value is -1.61. The Balaban J connectivity index is 1.81. The molecular weight excluding hydrogens is 268 g/mol. The summed E-state index contributed by atoms with van der Waals surface area (Å²) >= 11 is 1.78. The molecule has 1 aromatic heterocycles. The molecule has 1 aromatic carbocycles. The van der Waals surface area contributed by atoms with Gasteiger partial charge in [-0.25, -0.2) is 0 Å². The largest absolute Gasteiger partial charge is 0.496 e. The number of hydrogen-bond acceptors (Lipinski definition) is 3. The van der Waals surface area contributed by atoms with E-state index in [4.69, 9.17) is 4.74 Å². The van der Waals surface area contributed by atoms with Gasteiger partial charge in [-0.05, 0) is 42.3 Å². The molecule has 0 fully saturated rings. The first-order valence-corrected chi connectivity index (χ1v) is 7.88. The molecule has 0 aliphatic heterocycles. The SMILES string of the molecule is COc1ccccc1CC(=O)C1CCCc2sccc21. The van der Waals surface area contributed by atoms with Gasteiger partial charge in [0.15, 0.2) is 0 Å². The molecule has 20 heavy (non-hydrogen) atoms. The summed E-state index contributed by atoms with van der Waals surface area (Å²) in [6.07, 6.45) is 3.70. The van der Waals surface area contributed by atoms with Crippen molar-refractivity contribution < 1.29 is 9.53 Å². The van der Waals surface area contributed by atoms with Gasteiger partial charge in [0.05, 0.1) is 7.11 Å². The van der Waals surface area contributed by atoms with Crippen molar-refractivity contribution in [2.75, 3.05) is 7.11 Å². The van der Waals surface area contributed by atoms with Crippen molar-refractivity contribution in [2.45, 2.75) is 31.6 Å². The molecular formula is C17H18O2S. The molecule has 3 heteroatoms. The van der Waals surface area contributed by atoms with Crippen molar-refractivity contribution in [3.63, 3.8) is 0 Å². The van der Waals surface area contributed by atoms with Crippen LogP contribution < -0.4 is 4.74 Å². The van der Waals surface area contributed by atoms with E-state index in [9.17, 15) is 4.79 Å². The first kappa shape index (κ1) is 13.4. The van der Waals surface area contributed by atoms with Crippen molar-refractivity contribution >= 4 is 17.1 Å². The van der Waals surface area contributed by atoms with Crippen molar-refractivity contribution in [3.8, 4) is 5.75 Å². The third-order valence-electron chi connectivity index (χ3n) is 4.00. The molecule has 0 radical (unpaired) electrons. The summed E-state index contributed by atoms with van der Waals surface area (Å²) < 4.78 is 5.34. The Morgan fingerprint density at radius 2 is 2.20 bits per heavy atom. The van der Waals surface area contributed by atoms with E-state index in [2.05, 4.69) is 11.4 Å². The fraction of sp³-hybridized carbons (Fsp3) is 0.353. The molecule has 3 rings (SSSR count). The molecule has 0 N–H and O–H groups in total. The number of Topliss-reactive ketones (excluding diaryl/α,β-unsaturated/α-hetero) is 1. The molecule has 104 valence electrons. The van der Waals surface area contributed by atoms with Gasteiger partial charge >= 0.3 is 0 Å². The first-order chi connectivity index (χ1) is 9.79. The van der Waals surface area contributed by atoms with Crippen LogP contribution in [-0.4, -0.2) is 12.9 Å². The van der Waals surface area contributed by atoms with Gasteiger partial charge < -0.3 is 4.74 Å². The van der Waals surface area contributed by atoms with Crippen molar-refractivity contribution in [2.24, 2.45) is 0 Å². The topological polar surface area (TPSA) is 26.3 Å². The summed E-state index contributed by atoms with van der Waals surface area (Å²) in [5, 5.41) is 2.11. The molecule has 1 unspecified atom stereocenters. The second kappa shape index (κ2) is 5.80. The zero-order chi connectivity index (χ0) is 13.9. The van der Waals surface area contributed by atoms with E-state index in [0.717, 1.165) is 30.6 Å². The van der Waals surface area contributed by atoms with Gasteiger partial charge in [0.2, 0.25) is 0 Å². The molecule has 0 amide bonds. The second-order valence-electron chi connectivity index (χ2n) is 5.20. The quantitative estimate of drug-likeness (QED) is 0.849. The van der Waals surface area contributed by atoms with Crippen LogP contribution in [0.2, 0.25) is 0 Å². The van der Waals surface area contributed by atoms with E-state index in [0.29, 0.717) is 12.2 Å². The Labute approximate surface area is 123 Å². The summed E-state index contributed by atoms with van der Waals surface area (Å²) in [6, 6.07) is 9.92. The van der Waals surface area contributed by atoms with E-state index in [1.54, 1.807) is 18.4 Å². The number of thiophene rings is 1. The molecule has 0 saturated carbocycles. The molecule has 2 nitrogen and oxygen atoms in total. The highest BCUT2D eigenvalue weighted by atomic mass is 32.1. The van der Waals surface area contributed by atoms with E-state index < -0.39 is 0 Å². The van der Waals surface area contributed by atoms with E-state index in [-0.39, 0.29) is 5.92 Å². The number of carbonyl (C=O) groups is 1. The van der Waals surface area contributed by atoms with Crippen LogP contribution in [0.5, 0.6) is 5.75 Å². The standard InChI is InChI=1S/C17H18O2S/c1-19-16-7-3-2-5-12(16)11-15(18)13-6-4-8-17-14(13)9-10-20-17/h2-3,5,7,9-10,13H,4,6,8,11H2,1H3. The maximum absolute atomic E-state index is 12.6. The summed E-state index contributed by atoms with van der Waals surface area (Å²) in [6.45, 7) is 0. The number of hydrogen-bond donors (Lipinski definition) is 0. The molecule has 0 bridgehead atoms. The molecule has 1 heterocycles. The fourth-order valence-corrected chi connectivity index (χ4v) is 3.97. The van der Waals surface area contributed by atoms with Gasteiger partial charge in [0, 0.05) is 22.8 Å². The Kier molecular flexibility index (Phi) is 3.88. The summed E-state index contributed by atoms with van der Waals surface area (Å²) in [5.41, 5.74) is 2.25. The minimum absolute atomic E-state index is 0.0786. The lowest BCUT2D eigenvalue weighted by Crippen LogP contribution is -2.19. The van der Waals surface area contributed by atoms with Gasteiger partial charge in [0.25, 0.3) is 0 Å². The first-order valence-electron chi connectivity index (χ1n) is 7.00. The minimum Gasteiger partial charge on any atom is -0.496 e. The number of para-hydroxylation sites is 1. The predicted octanol–water partition coefficient (Wildman–Crippen LogP) is 3.99. The highest BCUT2D eigenvalue weighted by Crippen LogP contribution is 2.36. The molecule has 1 aliphatic carbocycles. The lowest BCUT2D eigenvalue weighted by Gasteiger charge is -2.21. The third kappa shape index (κ3) is 2.50. The normalized spacial score (nSPS) is 17.6. The van der Waals surface area contributed by atoms with Gasteiger partial charge in [0.1, 0.15) is 11.5 Å². The number of methoxy groups -OCH3 is 1. The molecule has 2 aromatic rings. The highest BCUT2D eigenvalue weighted by Gasteiger charge is 2.27. The van der Waals surface area contributed by atoms with Crippen molar-refractivity contribution in [1.29, 1.82) is 0 Å². The molecule has 0 saturated heterocycles. The lowest BCUT2D eigenvalue weighted by atomic mass is 9.83. The van der Waals surface area contributed by atoms with E-state index >= 15 is 0 Å². The van der Waals surface area contributed by atoms with Gasteiger partial charge in [-0.3, -0.25) is 4.79 Å². The van der Waals surface area contributed by atoms with Crippen LogP contribution >= 0.6 is 11.3 Å². The van der Waals surface area contributed by atoms with Gasteiger partial charge in [-0.2, -0.15) is 0 Å².